The first-order valence-electron chi connectivity index (χ1n) is 6.94. The number of nitro groups is 1. The van der Waals surface area contributed by atoms with Crippen molar-refractivity contribution >= 4 is 23.0 Å². The van der Waals surface area contributed by atoms with Crippen LogP contribution < -0.4 is 4.90 Å². The van der Waals surface area contributed by atoms with Gasteiger partial charge in [0, 0.05) is 32.2 Å². The summed E-state index contributed by atoms with van der Waals surface area (Å²) in [6.45, 7) is 8.48. The molecule has 0 bridgehead atoms. The summed E-state index contributed by atoms with van der Waals surface area (Å²) in [4.78, 5) is 15.3. The highest BCUT2D eigenvalue weighted by Crippen LogP contribution is 2.37. The van der Waals surface area contributed by atoms with Crippen LogP contribution in [0.15, 0.2) is 12.1 Å². The van der Waals surface area contributed by atoms with Gasteiger partial charge in [-0.2, -0.15) is 0 Å². The average molecular weight is 298 g/mol. The first-order valence-corrected chi connectivity index (χ1v) is 7.32. The lowest BCUT2D eigenvalue weighted by Gasteiger charge is -2.36. The van der Waals surface area contributed by atoms with Crippen LogP contribution in [0.25, 0.3) is 0 Å². The molecule has 1 aliphatic rings. The molecule has 0 spiro atoms. The Hall–Kier alpha value is -1.33. The largest absolute Gasteiger partial charge is 0.362 e. The van der Waals surface area contributed by atoms with Crippen molar-refractivity contribution in [2.24, 2.45) is 0 Å². The molecular formula is C14H20ClN3O2. The molecule has 5 nitrogen and oxygen atoms in total. The van der Waals surface area contributed by atoms with E-state index in [1.54, 1.807) is 12.1 Å². The summed E-state index contributed by atoms with van der Waals surface area (Å²) in [6.07, 6.45) is 1.13. The molecule has 0 aliphatic carbocycles. The molecule has 1 saturated heterocycles. The Labute approximate surface area is 124 Å². The fraction of sp³-hybridized carbons (Fsp3) is 0.571. The van der Waals surface area contributed by atoms with Crippen molar-refractivity contribution in [3.05, 3.63) is 32.8 Å². The number of hydrogen-bond acceptors (Lipinski definition) is 4. The Morgan fingerprint density at radius 3 is 2.50 bits per heavy atom. The highest BCUT2D eigenvalue weighted by atomic mass is 35.5. The van der Waals surface area contributed by atoms with E-state index in [-0.39, 0.29) is 10.6 Å². The van der Waals surface area contributed by atoms with Crippen LogP contribution >= 0.6 is 11.6 Å². The minimum atomic E-state index is -0.341. The van der Waals surface area contributed by atoms with Crippen LogP contribution in [0.1, 0.15) is 18.9 Å². The molecule has 1 fully saturated rings. The predicted molar refractivity (Wildman–Crippen MR) is 81.8 cm³/mol. The van der Waals surface area contributed by atoms with Crippen molar-refractivity contribution in [1.82, 2.24) is 4.90 Å². The molecule has 2 rings (SSSR count). The van der Waals surface area contributed by atoms with Crippen molar-refractivity contribution in [1.29, 1.82) is 0 Å². The molecule has 20 heavy (non-hydrogen) atoms. The Morgan fingerprint density at radius 2 is 1.95 bits per heavy atom. The zero-order valence-corrected chi connectivity index (χ0v) is 12.7. The Morgan fingerprint density at radius 1 is 1.30 bits per heavy atom. The molecule has 1 aromatic carbocycles. The second-order valence-electron chi connectivity index (χ2n) is 5.20. The minimum absolute atomic E-state index is 0.110. The van der Waals surface area contributed by atoms with Gasteiger partial charge in [-0.3, -0.25) is 15.0 Å². The number of nitro benzene ring substituents is 1. The summed E-state index contributed by atoms with van der Waals surface area (Å²) in [5, 5.41) is 11.7. The molecule has 0 N–H and O–H groups in total. The van der Waals surface area contributed by atoms with Gasteiger partial charge in [-0.25, -0.2) is 0 Å². The van der Waals surface area contributed by atoms with Gasteiger partial charge in [0.05, 0.1) is 9.95 Å². The number of aryl methyl sites for hydroxylation is 1. The summed E-state index contributed by atoms with van der Waals surface area (Å²) >= 11 is 6.25. The van der Waals surface area contributed by atoms with Crippen LogP contribution in [0.4, 0.5) is 11.4 Å². The molecule has 1 aliphatic heterocycles. The lowest BCUT2D eigenvalue weighted by molar-refractivity contribution is -0.384. The number of benzene rings is 1. The van der Waals surface area contributed by atoms with Crippen molar-refractivity contribution in [3.8, 4) is 0 Å². The van der Waals surface area contributed by atoms with Crippen molar-refractivity contribution in [2.45, 2.75) is 20.3 Å². The van der Waals surface area contributed by atoms with E-state index in [4.69, 9.17) is 11.6 Å². The third-order valence-corrected chi connectivity index (χ3v) is 3.90. The highest BCUT2D eigenvalue weighted by molar-refractivity contribution is 6.34. The third-order valence-electron chi connectivity index (χ3n) is 3.61. The van der Waals surface area contributed by atoms with Gasteiger partial charge in [0.1, 0.15) is 5.69 Å². The van der Waals surface area contributed by atoms with Crippen LogP contribution in [-0.4, -0.2) is 42.5 Å². The Balaban J connectivity index is 2.23. The van der Waals surface area contributed by atoms with E-state index >= 15 is 0 Å². The van der Waals surface area contributed by atoms with Gasteiger partial charge < -0.3 is 4.90 Å². The molecule has 0 unspecified atom stereocenters. The molecular weight excluding hydrogens is 278 g/mol. The zero-order chi connectivity index (χ0) is 14.7. The number of nitrogens with zero attached hydrogens (tertiary/aromatic N) is 3. The lowest BCUT2D eigenvalue weighted by Crippen LogP contribution is -2.46. The molecule has 110 valence electrons. The molecule has 0 atom stereocenters. The van der Waals surface area contributed by atoms with E-state index in [2.05, 4.69) is 11.8 Å². The van der Waals surface area contributed by atoms with Gasteiger partial charge in [-0.05, 0) is 31.5 Å². The molecule has 1 heterocycles. The van der Waals surface area contributed by atoms with Gasteiger partial charge in [0.15, 0.2) is 0 Å². The standard InChI is InChI=1S/C14H20ClN3O2/c1-3-4-16-5-7-17(8-6-16)14-12(15)9-11(2)10-13(14)18(19)20/h9-10H,3-8H2,1-2H3. The number of anilines is 1. The molecule has 0 amide bonds. The summed E-state index contributed by atoms with van der Waals surface area (Å²) in [6, 6.07) is 3.39. The molecule has 6 heteroatoms. The maximum absolute atomic E-state index is 11.2. The predicted octanol–water partition coefficient (Wildman–Crippen LogP) is 3.09. The summed E-state index contributed by atoms with van der Waals surface area (Å²) < 4.78 is 0. The van der Waals surface area contributed by atoms with Crippen LogP contribution in [-0.2, 0) is 0 Å². The van der Waals surface area contributed by atoms with Crippen molar-refractivity contribution < 1.29 is 4.92 Å². The maximum atomic E-state index is 11.2. The number of halogens is 1. The van der Waals surface area contributed by atoms with E-state index < -0.39 is 0 Å². The molecule has 0 saturated carbocycles. The normalized spacial score (nSPS) is 16.4. The van der Waals surface area contributed by atoms with E-state index in [1.165, 1.54) is 0 Å². The second-order valence-corrected chi connectivity index (χ2v) is 5.61. The monoisotopic (exact) mass is 297 g/mol. The number of rotatable bonds is 4. The van der Waals surface area contributed by atoms with Gasteiger partial charge in [-0.1, -0.05) is 18.5 Å². The van der Waals surface area contributed by atoms with Gasteiger partial charge in [0.2, 0.25) is 0 Å². The second kappa shape index (κ2) is 6.41. The lowest BCUT2D eigenvalue weighted by atomic mass is 10.1. The SMILES string of the molecule is CCCN1CCN(c2c(Cl)cc(C)cc2[N+](=O)[O-])CC1. The van der Waals surface area contributed by atoms with Crippen molar-refractivity contribution in [3.63, 3.8) is 0 Å². The van der Waals surface area contributed by atoms with E-state index in [9.17, 15) is 10.1 Å². The quantitative estimate of drug-likeness (QED) is 0.633. The smallest absolute Gasteiger partial charge is 0.294 e. The Kier molecular flexibility index (Phi) is 4.83. The van der Waals surface area contributed by atoms with Crippen LogP contribution in [0.3, 0.4) is 0 Å². The zero-order valence-electron chi connectivity index (χ0n) is 11.9. The van der Waals surface area contributed by atoms with Gasteiger partial charge in [-0.15, -0.1) is 0 Å². The van der Waals surface area contributed by atoms with Gasteiger partial charge in [0.25, 0.3) is 5.69 Å². The summed E-state index contributed by atoms with van der Waals surface area (Å²) in [5.41, 5.74) is 1.49. The highest BCUT2D eigenvalue weighted by Gasteiger charge is 2.26. The van der Waals surface area contributed by atoms with Crippen LogP contribution in [0.5, 0.6) is 0 Å². The number of piperazine rings is 1. The van der Waals surface area contributed by atoms with E-state index in [1.807, 2.05) is 11.8 Å². The molecule has 0 aromatic heterocycles. The van der Waals surface area contributed by atoms with Gasteiger partial charge >= 0.3 is 0 Å². The Bertz CT molecular complexity index is 499. The average Bonchev–Trinajstić information content (AvgIpc) is 2.39. The molecule has 1 aromatic rings. The topological polar surface area (TPSA) is 49.6 Å². The fourth-order valence-corrected chi connectivity index (χ4v) is 3.07. The first-order chi connectivity index (χ1) is 9.52. The minimum Gasteiger partial charge on any atom is -0.362 e. The fourth-order valence-electron chi connectivity index (χ4n) is 2.68. The summed E-state index contributed by atoms with van der Waals surface area (Å²) in [7, 11) is 0. The van der Waals surface area contributed by atoms with E-state index in [0.29, 0.717) is 10.7 Å². The van der Waals surface area contributed by atoms with Crippen molar-refractivity contribution in [2.75, 3.05) is 37.6 Å². The first kappa shape index (κ1) is 15.1. The summed E-state index contributed by atoms with van der Waals surface area (Å²) in [5.74, 6) is 0. The third kappa shape index (κ3) is 3.22. The maximum Gasteiger partial charge on any atom is 0.294 e. The van der Waals surface area contributed by atoms with Crippen LogP contribution in [0.2, 0.25) is 5.02 Å². The molecule has 0 radical (unpaired) electrons. The number of hydrogen-bond donors (Lipinski definition) is 0. The van der Waals surface area contributed by atoms with E-state index in [0.717, 1.165) is 44.7 Å². The van der Waals surface area contributed by atoms with Crippen LogP contribution in [0, 0.1) is 17.0 Å².